The van der Waals surface area contributed by atoms with E-state index in [0.29, 0.717) is 11.8 Å². The predicted octanol–water partition coefficient (Wildman–Crippen LogP) is 2.12. The molecule has 0 radical (unpaired) electrons. The summed E-state index contributed by atoms with van der Waals surface area (Å²) < 4.78 is 21.0. The first-order chi connectivity index (χ1) is 18.0. The molecule has 0 aliphatic carbocycles. The molecule has 0 amide bonds. The van der Waals surface area contributed by atoms with Crippen molar-refractivity contribution in [2.75, 3.05) is 58.7 Å². The van der Waals surface area contributed by atoms with Crippen LogP contribution in [0, 0.1) is 11.8 Å². The average molecular weight is 541 g/mol. The Morgan fingerprint density at radius 3 is 2.68 bits per heavy atom. The Bertz CT molecular complexity index is 1400. The van der Waals surface area contributed by atoms with E-state index >= 15 is 0 Å². The van der Waals surface area contributed by atoms with E-state index < -0.39 is 11.0 Å². The van der Waals surface area contributed by atoms with Gasteiger partial charge in [-0.15, -0.1) is 11.3 Å². The van der Waals surface area contributed by atoms with Crippen LogP contribution in [0.4, 0.5) is 0 Å². The molecular formula is C27H36N6O2S2. The van der Waals surface area contributed by atoms with Gasteiger partial charge in [-0.25, -0.2) is 8.51 Å². The quantitative estimate of drug-likeness (QED) is 0.537. The molecule has 5 heterocycles. The monoisotopic (exact) mass is 540 g/mol. The molecule has 3 aromatic rings. The van der Waals surface area contributed by atoms with Crippen LogP contribution in [-0.2, 0) is 22.3 Å². The summed E-state index contributed by atoms with van der Waals surface area (Å²) >= 11 is 1.91. The van der Waals surface area contributed by atoms with Gasteiger partial charge in [0.1, 0.15) is 0 Å². The van der Waals surface area contributed by atoms with Crippen LogP contribution in [-0.4, -0.2) is 87.2 Å². The van der Waals surface area contributed by atoms with Crippen LogP contribution < -0.4 is 9.89 Å². The summed E-state index contributed by atoms with van der Waals surface area (Å²) in [5.41, 5.74) is 3.74. The number of H-pyrrole nitrogens is 1. The topological polar surface area (TPSA) is 77.1 Å². The number of nitrogens with zero attached hydrogens (tertiary/aromatic N) is 5. The normalized spacial score (nSPS) is 26.6. The molecule has 6 rings (SSSR count). The Labute approximate surface area is 224 Å². The van der Waals surface area contributed by atoms with Crippen molar-refractivity contribution in [1.29, 1.82) is 0 Å². The summed E-state index contributed by atoms with van der Waals surface area (Å²) in [6.45, 7) is 12.7. The number of ether oxygens (including phenoxy) is 1. The molecule has 8 nitrogen and oxygen atoms in total. The van der Waals surface area contributed by atoms with E-state index in [1.165, 1.54) is 20.7 Å². The average Bonchev–Trinajstić information content (AvgIpc) is 3.53. The maximum absolute atomic E-state index is 11.9. The Morgan fingerprint density at radius 2 is 1.92 bits per heavy atom. The number of nitrogens with one attached hydrogen (secondary N) is 1. The number of benzene rings is 1. The molecule has 1 N–H and O–H groups in total. The highest BCUT2D eigenvalue weighted by Crippen LogP contribution is 2.39. The first-order valence-electron chi connectivity index (χ1n) is 13.3. The second kappa shape index (κ2) is 10.6. The Morgan fingerprint density at radius 1 is 1.14 bits per heavy atom. The fourth-order valence-corrected chi connectivity index (χ4v) is 7.98. The van der Waals surface area contributed by atoms with Crippen molar-refractivity contribution in [3.8, 4) is 0 Å². The Balaban J connectivity index is 1.42. The van der Waals surface area contributed by atoms with Gasteiger partial charge >= 0.3 is 0 Å². The molecular weight excluding hydrogens is 504 g/mol. The van der Waals surface area contributed by atoms with E-state index in [-0.39, 0.29) is 6.04 Å². The first-order valence-corrected chi connectivity index (χ1v) is 15.6. The molecule has 2 aromatic heterocycles. The molecule has 0 spiro atoms. The molecule has 2 saturated heterocycles. The second-order valence-electron chi connectivity index (χ2n) is 10.4. The van der Waals surface area contributed by atoms with Crippen molar-refractivity contribution in [1.82, 2.24) is 24.3 Å². The molecule has 4 atom stereocenters. The third-order valence-corrected chi connectivity index (χ3v) is 10.5. The molecule has 3 aliphatic heterocycles. The van der Waals surface area contributed by atoms with E-state index in [1.54, 1.807) is 6.26 Å². The maximum Gasteiger partial charge on any atom is 0.0911 e. The Hall–Kier alpha value is -2.11. The molecule has 198 valence electrons. The summed E-state index contributed by atoms with van der Waals surface area (Å²) in [6.07, 6.45) is 3.72. The van der Waals surface area contributed by atoms with Gasteiger partial charge in [-0.05, 0) is 23.6 Å². The van der Waals surface area contributed by atoms with Gasteiger partial charge < -0.3 is 9.64 Å². The number of rotatable bonds is 5. The van der Waals surface area contributed by atoms with Gasteiger partial charge in [0, 0.05) is 73.9 Å². The van der Waals surface area contributed by atoms with Crippen LogP contribution in [0.5, 0.6) is 0 Å². The fraction of sp³-hybridized carbons (Fsp3) is 0.556. The minimum absolute atomic E-state index is 0.0547. The second-order valence-corrected chi connectivity index (χ2v) is 12.9. The summed E-state index contributed by atoms with van der Waals surface area (Å²) in [7, 11) is -0.886. The number of aromatic amines is 1. The maximum atomic E-state index is 11.9. The fourth-order valence-electron chi connectivity index (χ4n) is 5.99. The largest absolute Gasteiger partial charge is 0.378 e. The highest BCUT2D eigenvalue weighted by molar-refractivity contribution is 7.81. The Kier molecular flexibility index (Phi) is 7.19. The van der Waals surface area contributed by atoms with Crippen molar-refractivity contribution in [3.05, 3.63) is 50.8 Å². The summed E-state index contributed by atoms with van der Waals surface area (Å²) in [4.78, 5) is 11.9. The zero-order chi connectivity index (χ0) is 25.5. The summed E-state index contributed by atoms with van der Waals surface area (Å²) in [5, 5.41) is 9.74. The highest BCUT2D eigenvalue weighted by atomic mass is 32.2. The van der Waals surface area contributed by atoms with E-state index in [9.17, 15) is 4.21 Å². The van der Waals surface area contributed by atoms with E-state index in [4.69, 9.17) is 9.73 Å². The van der Waals surface area contributed by atoms with E-state index in [2.05, 4.69) is 62.4 Å². The van der Waals surface area contributed by atoms with Gasteiger partial charge in [0.15, 0.2) is 0 Å². The molecule has 1 aromatic carbocycles. The lowest BCUT2D eigenvalue weighted by Crippen LogP contribution is -2.46. The molecule has 0 bridgehead atoms. The number of aromatic nitrogens is 2. The van der Waals surface area contributed by atoms with Gasteiger partial charge in [-0.3, -0.25) is 15.0 Å². The van der Waals surface area contributed by atoms with Crippen LogP contribution in [0.3, 0.4) is 0 Å². The van der Waals surface area contributed by atoms with Crippen molar-refractivity contribution in [2.24, 2.45) is 16.8 Å². The smallest absolute Gasteiger partial charge is 0.0911 e. The van der Waals surface area contributed by atoms with Crippen LogP contribution >= 0.6 is 11.3 Å². The highest BCUT2D eigenvalue weighted by Gasteiger charge is 2.33. The van der Waals surface area contributed by atoms with Crippen molar-refractivity contribution >= 4 is 38.9 Å². The van der Waals surface area contributed by atoms with E-state index in [0.717, 1.165) is 75.3 Å². The number of fused-ring (bicyclic) bond motifs is 2. The van der Waals surface area contributed by atoms with Crippen LogP contribution in [0.1, 0.15) is 30.3 Å². The third-order valence-electron chi connectivity index (χ3n) is 8.26. The van der Waals surface area contributed by atoms with Crippen LogP contribution in [0.15, 0.2) is 35.5 Å². The number of hydrogen-bond donors (Lipinski definition) is 1. The molecule has 37 heavy (non-hydrogen) atoms. The zero-order valence-electron chi connectivity index (χ0n) is 21.9. The first kappa shape index (κ1) is 25.2. The lowest BCUT2D eigenvalue weighted by Gasteiger charge is -2.36. The third kappa shape index (κ3) is 4.90. The summed E-state index contributed by atoms with van der Waals surface area (Å²) in [5.74, 6) is 0.689. The van der Waals surface area contributed by atoms with Crippen molar-refractivity contribution in [3.63, 3.8) is 0 Å². The van der Waals surface area contributed by atoms with E-state index in [1.807, 2.05) is 17.5 Å². The van der Waals surface area contributed by atoms with Gasteiger partial charge in [-0.1, -0.05) is 26.0 Å². The predicted molar refractivity (Wildman–Crippen MR) is 149 cm³/mol. The minimum Gasteiger partial charge on any atom is -0.378 e. The van der Waals surface area contributed by atoms with Crippen molar-refractivity contribution < 1.29 is 8.95 Å². The van der Waals surface area contributed by atoms with Crippen molar-refractivity contribution in [2.45, 2.75) is 26.4 Å². The standard InChI is InChI=1S/C27H36N6O2S2/c1-18-19(2)26(32-11-13-35-14-12-32)27-24(29-25(18)21-5-4-6-23-22(21)16-28-30-23)15-20(36-27)17-31-7-9-33(10-8-31)37(3)34/h4-6,15-16,18-19,25H,7-14,17H2,1-3H3,(H,28,30). The van der Waals surface area contributed by atoms with Gasteiger partial charge in [0.05, 0.1) is 51.8 Å². The van der Waals surface area contributed by atoms with Crippen LogP contribution in [0.2, 0.25) is 0 Å². The molecule has 2 fully saturated rings. The lowest BCUT2D eigenvalue weighted by atomic mass is 9.82. The van der Waals surface area contributed by atoms with Gasteiger partial charge in [0.2, 0.25) is 0 Å². The molecule has 3 aliphatic rings. The molecule has 10 heteroatoms. The number of piperazine rings is 1. The number of morpholine rings is 1. The zero-order valence-corrected chi connectivity index (χ0v) is 23.5. The number of thiophene rings is 1. The molecule has 0 saturated carbocycles. The lowest BCUT2D eigenvalue weighted by molar-refractivity contribution is 0.0592. The SMILES string of the molecule is CC1C(N2CCOCC2)=c2sc(CN3CCN(S(C)=O)CC3)cc2=NC(c2cccc3[nH]ncc23)C1C. The summed E-state index contributed by atoms with van der Waals surface area (Å²) in [6, 6.07) is 8.81. The van der Waals surface area contributed by atoms with Gasteiger partial charge in [-0.2, -0.15) is 5.10 Å². The van der Waals surface area contributed by atoms with Gasteiger partial charge in [0.25, 0.3) is 0 Å². The van der Waals surface area contributed by atoms with Crippen LogP contribution in [0.25, 0.3) is 16.6 Å². The minimum atomic E-state index is -0.886. The number of hydrogen-bond acceptors (Lipinski definition) is 7. The molecule has 4 unspecified atom stereocenters.